The van der Waals surface area contributed by atoms with Crippen molar-refractivity contribution in [3.8, 4) is 0 Å². The molecule has 0 fully saturated rings. The molecule has 0 atom stereocenters. The van der Waals surface area contributed by atoms with E-state index in [1.165, 1.54) is 6.92 Å². The Morgan fingerprint density at radius 2 is 1.52 bits per heavy atom. The van der Waals surface area contributed by atoms with E-state index in [0.29, 0.717) is 12.5 Å². The van der Waals surface area contributed by atoms with Crippen molar-refractivity contribution in [2.75, 3.05) is 6.61 Å². The molecule has 11 heteroatoms. The minimum atomic E-state index is -1.45. The largest absolute Gasteiger partial charge is 1.00 e. The van der Waals surface area contributed by atoms with Crippen LogP contribution in [0.15, 0.2) is 8.83 Å². The van der Waals surface area contributed by atoms with Crippen molar-refractivity contribution >= 4 is 11.9 Å². The second-order valence-corrected chi connectivity index (χ2v) is 3.26. The van der Waals surface area contributed by atoms with Crippen LogP contribution < -0.4 is 56.5 Å². The predicted molar refractivity (Wildman–Crippen MR) is 58.4 cm³/mol. The van der Waals surface area contributed by atoms with Crippen LogP contribution >= 0.6 is 0 Å². The number of aromatic nitrogens is 4. The fourth-order valence-corrected chi connectivity index (χ4v) is 0.951. The van der Waals surface area contributed by atoms with Gasteiger partial charge in [-0.3, -0.25) is 0 Å². The molecule has 2 aromatic heterocycles. The average molecular weight is 322 g/mol. The zero-order valence-electron chi connectivity index (χ0n) is 11.9. The van der Waals surface area contributed by atoms with Crippen LogP contribution in [0.4, 0.5) is 0 Å². The molecule has 0 radical (unpaired) electrons. The zero-order chi connectivity index (χ0) is 15.1. The number of carbonyl (C=O) groups is 2. The van der Waals surface area contributed by atoms with Gasteiger partial charge in [0.1, 0.15) is 5.97 Å². The molecule has 0 amide bonds. The predicted octanol–water partition coefficient (Wildman–Crippen LogP) is -3.70. The number of ether oxygens (including phenoxy) is 1. The van der Waals surface area contributed by atoms with Gasteiger partial charge in [0.05, 0.1) is 6.61 Å². The standard InChI is InChI=1S/C6H8N2O3.C4H4N2O3.K/c1-3-10-6(9)5-8-7-4(2)11-5;1-2-5-6-3(9-2)4(7)8;/h3H2,1-2H3;1H3,(H,7,8);/q;;+1/p-1. The third-order valence-electron chi connectivity index (χ3n) is 1.68. The van der Waals surface area contributed by atoms with Crippen molar-refractivity contribution in [3.05, 3.63) is 23.6 Å². The Morgan fingerprint density at radius 3 is 1.81 bits per heavy atom. The van der Waals surface area contributed by atoms with Gasteiger partial charge < -0.3 is 23.5 Å². The van der Waals surface area contributed by atoms with E-state index in [1.807, 2.05) is 0 Å². The summed E-state index contributed by atoms with van der Waals surface area (Å²) in [5.41, 5.74) is 0. The van der Waals surface area contributed by atoms with Crippen LogP contribution in [0.5, 0.6) is 0 Å². The Hall–Kier alpha value is -1.14. The summed E-state index contributed by atoms with van der Waals surface area (Å²) in [6, 6.07) is 0. The summed E-state index contributed by atoms with van der Waals surface area (Å²) < 4.78 is 13.9. The number of hydrogen-bond acceptors (Lipinski definition) is 10. The Bertz CT molecular complexity index is 596. The van der Waals surface area contributed by atoms with E-state index in [4.69, 9.17) is 4.42 Å². The summed E-state index contributed by atoms with van der Waals surface area (Å²) in [7, 11) is 0. The molecule has 0 aliphatic carbocycles. The molecule has 0 saturated heterocycles. The van der Waals surface area contributed by atoms with Gasteiger partial charge in [-0.05, 0) is 6.92 Å². The van der Waals surface area contributed by atoms with Gasteiger partial charge in [-0.2, -0.15) is 0 Å². The first kappa shape index (κ1) is 19.9. The average Bonchev–Trinajstić information content (AvgIpc) is 2.99. The zero-order valence-corrected chi connectivity index (χ0v) is 15.1. The van der Waals surface area contributed by atoms with Gasteiger partial charge in [-0.25, -0.2) is 4.79 Å². The maximum Gasteiger partial charge on any atom is 1.00 e. The molecule has 108 valence electrons. The molecule has 2 rings (SSSR count). The Morgan fingerprint density at radius 1 is 1.05 bits per heavy atom. The maximum absolute atomic E-state index is 10.8. The Balaban J connectivity index is 0.000000370. The third-order valence-corrected chi connectivity index (χ3v) is 1.68. The van der Waals surface area contributed by atoms with E-state index >= 15 is 0 Å². The Labute approximate surface area is 161 Å². The van der Waals surface area contributed by atoms with Crippen LogP contribution in [0, 0.1) is 13.8 Å². The molecule has 0 aliphatic rings. The van der Waals surface area contributed by atoms with Crippen molar-refractivity contribution in [2.45, 2.75) is 20.8 Å². The van der Waals surface area contributed by atoms with Crippen LogP contribution in [0.1, 0.15) is 40.1 Å². The second-order valence-electron chi connectivity index (χ2n) is 3.26. The first-order valence-electron chi connectivity index (χ1n) is 5.42. The molecule has 0 bridgehead atoms. The summed E-state index contributed by atoms with van der Waals surface area (Å²) in [4.78, 5) is 20.7. The fourth-order valence-electron chi connectivity index (χ4n) is 0.951. The molecule has 2 aromatic rings. The number of nitrogens with zero attached hydrogens (tertiary/aromatic N) is 4. The van der Waals surface area contributed by atoms with E-state index in [-0.39, 0.29) is 63.2 Å². The minimum Gasteiger partial charge on any atom is -0.540 e. The number of carboxylic acids is 1. The molecule has 21 heavy (non-hydrogen) atoms. The van der Waals surface area contributed by atoms with Crippen LogP contribution in [0.2, 0.25) is 0 Å². The second kappa shape index (κ2) is 9.73. The van der Waals surface area contributed by atoms with Crippen molar-refractivity contribution in [1.82, 2.24) is 20.4 Å². The van der Waals surface area contributed by atoms with Gasteiger partial charge in [0, 0.05) is 13.8 Å². The first-order chi connectivity index (χ1) is 9.43. The van der Waals surface area contributed by atoms with Gasteiger partial charge in [0.25, 0.3) is 5.89 Å². The molecule has 10 nitrogen and oxygen atoms in total. The molecule has 0 spiro atoms. The number of esters is 1. The van der Waals surface area contributed by atoms with Gasteiger partial charge in [0.2, 0.25) is 11.8 Å². The number of rotatable bonds is 3. The Kier molecular flexibility index (Phi) is 9.20. The molecule has 0 N–H and O–H groups in total. The van der Waals surface area contributed by atoms with Crippen LogP contribution in [0.25, 0.3) is 0 Å². The fraction of sp³-hybridized carbons (Fsp3) is 0.400. The monoisotopic (exact) mass is 322 g/mol. The summed E-state index contributed by atoms with van der Waals surface area (Å²) in [6.45, 7) is 5.12. The van der Waals surface area contributed by atoms with E-state index in [2.05, 4.69) is 29.5 Å². The summed E-state index contributed by atoms with van der Waals surface area (Å²) in [5, 5.41) is 23.3. The van der Waals surface area contributed by atoms with E-state index in [9.17, 15) is 14.7 Å². The molecule has 0 aliphatic heterocycles. The van der Waals surface area contributed by atoms with E-state index in [1.54, 1.807) is 13.8 Å². The number of aromatic carboxylic acids is 1. The summed E-state index contributed by atoms with van der Waals surface area (Å²) in [5.74, 6) is -2.03. The van der Waals surface area contributed by atoms with Gasteiger partial charge in [0.15, 0.2) is 0 Å². The van der Waals surface area contributed by atoms with Crippen molar-refractivity contribution < 1.29 is 79.7 Å². The normalized spacial score (nSPS) is 9.10. The number of hydrogen-bond donors (Lipinski definition) is 0. The molecule has 2 heterocycles. The maximum atomic E-state index is 10.8. The SMILES string of the molecule is CCOC(=O)c1nnc(C)o1.Cc1nnc(C(=O)[O-])o1.[K+]. The topological polar surface area (TPSA) is 144 Å². The molecule has 0 unspecified atom stereocenters. The van der Waals surface area contributed by atoms with Crippen LogP contribution in [0.3, 0.4) is 0 Å². The van der Waals surface area contributed by atoms with Gasteiger partial charge in [-0.1, -0.05) is 0 Å². The van der Waals surface area contributed by atoms with Crippen molar-refractivity contribution in [1.29, 1.82) is 0 Å². The van der Waals surface area contributed by atoms with Crippen LogP contribution in [-0.4, -0.2) is 38.9 Å². The van der Waals surface area contributed by atoms with E-state index < -0.39 is 17.8 Å². The molecule has 0 aromatic carbocycles. The molecule has 0 saturated carbocycles. The van der Waals surface area contributed by atoms with E-state index in [0.717, 1.165) is 0 Å². The summed E-state index contributed by atoms with van der Waals surface area (Å²) >= 11 is 0. The quantitative estimate of drug-likeness (QED) is 0.409. The van der Waals surface area contributed by atoms with Crippen LogP contribution in [-0.2, 0) is 4.74 Å². The summed E-state index contributed by atoms with van der Waals surface area (Å²) in [6.07, 6.45) is 0. The number of carboxylic acid groups (broad SMARTS) is 1. The van der Waals surface area contributed by atoms with Gasteiger partial charge >= 0.3 is 63.2 Å². The van der Waals surface area contributed by atoms with Crippen molar-refractivity contribution in [3.63, 3.8) is 0 Å². The molecular formula is C10H11KN4O6. The number of aryl methyl sites for hydroxylation is 2. The van der Waals surface area contributed by atoms with Gasteiger partial charge in [-0.15, -0.1) is 20.4 Å². The molecular weight excluding hydrogens is 311 g/mol. The smallest absolute Gasteiger partial charge is 0.540 e. The third kappa shape index (κ3) is 6.90. The van der Waals surface area contributed by atoms with Crippen molar-refractivity contribution in [2.24, 2.45) is 0 Å². The number of carbonyl (C=O) groups excluding carboxylic acids is 2. The minimum absolute atomic E-state index is 0. The first-order valence-corrected chi connectivity index (χ1v) is 5.42.